The zero-order chi connectivity index (χ0) is 16.6. The molecule has 0 aromatic heterocycles. The summed E-state index contributed by atoms with van der Waals surface area (Å²) in [7, 11) is 0. The van der Waals surface area contributed by atoms with Crippen LogP contribution in [0.3, 0.4) is 0 Å². The average molecular weight is 318 g/mol. The van der Waals surface area contributed by atoms with Gasteiger partial charge < -0.3 is 10.6 Å². The van der Waals surface area contributed by atoms with Crippen LogP contribution in [0.4, 0.5) is 0 Å². The molecule has 0 heterocycles. The van der Waals surface area contributed by atoms with Gasteiger partial charge in [-0.05, 0) is 62.2 Å². The van der Waals surface area contributed by atoms with E-state index in [1.165, 1.54) is 19.3 Å². The minimum atomic E-state index is -0.449. The van der Waals surface area contributed by atoms with Gasteiger partial charge in [-0.1, -0.05) is 19.9 Å². The molecule has 4 bridgehead atoms. The first-order valence-electron chi connectivity index (χ1n) is 9.13. The number of nitrogens with one attached hydrogen (secondary N) is 2. The van der Waals surface area contributed by atoms with Crippen molar-refractivity contribution in [3.8, 4) is 0 Å². The molecule has 4 aliphatic rings. The van der Waals surface area contributed by atoms with Crippen LogP contribution in [-0.2, 0) is 9.59 Å². The predicted molar refractivity (Wildman–Crippen MR) is 90.6 cm³/mol. The molecule has 4 saturated carbocycles. The van der Waals surface area contributed by atoms with Crippen LogP contribution in [0.25, 0.3) is 0 Å². The first-order valence-corrected chi connectivity index (χ1v) is 9.13. The highest BCUT2D eigenvalue weighted by Gasteiger charge is 2.55. The molecule has 0 radical (unpaired) electrons. The Balaban J connectivity index is 1.69. The van der Waals surface area contributed by atoms with E-state index in [2.05, 4.69) is 17.2 Å². The minimum absolute atomic E-state index is 0.0812. The summed E-state index contributed by atoms with van der Waals surface area (Å²) in [6.45, 7) is 8.03. The Hall–Kier alpha value is -1.32. The second kappa shape index (κ2) is 6.29. The van der Waals surface area contributed by atoms with Crippen molar-refractivity contribution in [3.63, 3.8) is 0 Å². The summed E-state index contributed by atoms with van der Waals surface area (Å²) in [5.74, 6) is 2.32. The molecule has 23 heavy (non-hydrogen) atoms. The van der Waals surface area contributed by atoms with E-state index in [0.29, 0.717) is 6.54 Å². The van der Waals surface area contributed by atoms with E-state index >= 15 is 0 Å². The fourth-order valence-corrected chi connectivity index (χ4v) is 5.50. The molecule has 0 aromatic rings. The van der Waals surface area contributed by atoms with E-state index in [4.69, 9.17) is 0 Å². The lowest BCUT2D eigenvalue weighted by molar-refractivity contribution is -0.149. The van der Waals surface area contributed by atoms with Crippen molar-refractivity contribution in [3.05, 3.63) is 12.7 Å². The third kappa shape index (κ3) is 3.17. The van der Waals surface area contributed by atoms with Crippen LogP contribution < -0.4 is 10.6 Å². The fourth-order valence-electron chi connectivity index (χ4n) is 5.50. The van der Waals surface area contributed by atoms with Gasteiger partial charge in [-0.25, -0.2) is 0 Å². The Morgan fingerprint density at radius 3 is 2.09 bits per heavy atom. The van der Waals surface area contributed by atoms with Crippen molar-refractivity contribution in [1.82, 2.24) is 10.6 Å². The molecule has 0 aliphatic heterocycles. The van der Waals surface area contributed by atoms with E-state index in [1.54, 1.807) is 6.08 Å². The Kier molecular flexibility index (Phi) is 4.52. The van der Waals surface area contributed by atoms with Gasteiger partial charge >= 0.3 is 0 Å². The van der Waals surface area contributed by atoms with E-state index in [-0.39, 0.29) is 23.1 Å². The zero-order valence-electron chi connectivity index (χ0n) is 14.4. The van der Waals surface area contributed by atoms with Gasteiger partial charge in [-0.3, -0.25) is 9.59 Å². The number of carbonyl (C=O) groups is 2. The summed E-state index contributed by atoms with van der Waals surface area (Å²) in [5, 5.41) is 5.92. The van der Waals surface area contributed by atoms with E-state index in [9.17, 15) is 9.59 Å². The maximum atomic E-state index is 13.1. The summed E-state index contributed by atoms with van der Waals surface area (Å²) in [6.07, 6.45) is 8.72. The van der Waals surface area contributed by atoms with Crippen molar-refractivity contribution in [1.29, 1.82) is 0 Å². The first kappa shape index (κ1) is 16.5. The molecule has 0 saturated heterocycles. The highest BCUT2D eigenvalue weighted by atomic mass is 16.2. The van der Waals surface area contributed by atoms with Crippen LogP contribution in [0.5, 0.6) is 0 Å². The smallest absolute Gasteiger partial charge is 0.243 e. The summed E-state index contributed by atoms with van der Waals surface area (Å²) in [4.78, 5) is 25.4. The molecule has 4 aliphatic carbocycles. The topological polar surface area (TPSA) is 58.2 Å². The maximum Gasteiger partial charge on any atom is 0.243 e. The third-order valence-corrected chi connectivity index (χ3v) is 6.18. The van der Waals surface area contributed by atoms with Gasteiger partial charge in [0.15, 0.2) is 0 Å². The normalized spacial score (nSPS) is 35.9. The molecule has 128 valence electrons. The van der Waals surface area contributed by atoms with Crippen LogP contribution in [0.15, 0.2) is 12.7 Å². The molecule has 1 atom stereocenters. The first-order chi connectivity index (χ1) is 10.9. The van der Waals surface area contributed by atoms with Gasteiger partial charge in [0.25, 0.3) is 0 Å². The van der Waals surface area contributed by atoms with E-state index in [1.807, 2.05) is 13.8 Å². The largest absolute Gasteiger partial charge is 0.351 e. The summed E-state index contributed by atoms with van der Waals surface area (Å²) >= 11 is 0. The average Bonchev–Trinajstić information content (AvgIpc) is 2.48. The highest BCUT2D eigenvalue weighted by molar-refractivity contribution is 5.90. The van der Waals surface area contributed by atoms with Gasteiger partial charge in [-0.2, -0.15) is 0 Å². The number of amides is 2. The highest BCUT2D eigenvalue weighted by Crippen LogP contribution is 2.60. The zero-order valence-corrected chi connectivity index (χ0v) is 14.4. The molecule has 0 spiro atoms. The lowest BCUT2D eigenvalue weighted by Gasteiger charge is -2.55. The molecule has 4 heteroatoms. The van der Waals surface area contributed by atoms with Gasteiger partial charge in [0.05, 0.1) is 0 Å². The molecular weight excluding hydrogens is 288 g/mol. The van der Waals surface area contributed by atoms with E-state index in [0.717, 1.165) is 37.0 Å². The standard InChI is InChI=1S/C19H30N2O2/c1-4-5-20-17(22)16(12(2)3)21-18(23)19-9-13-6-14(10-19)8-15(7-13)11-19/h4,12-16H,1,5-11H2,2-3H3,(H,20,22)(H,21,23)/t13?,14?,15?,16-,19?/m1/s1. The Morgan fingerprint density at radius 1 is 1.13 bits per heavy atom. The van der Waals surface area contributed by atoms with Crippen LogP contribution in [-0.4, -0.2) is 24.4 Å². The van der Waals surface area contributed by atoms with Crippen molar-refractivity contribution in [2.45, 2.75) is 58.4 Å². The number of carbonyl (C=O) groups excluding carboxylic acids is 2. The van der Waals surface area contributed by atoms with E-state index < -0.39 is 6.04 Å². The Morgan fingerprint density at radius 2 is 1.65 bits per heavy atom. The SMILES string of the molecule is C=CCNC(=O)[C@H](NC(=O)C12CC3CC(CC(C3)C1)C2)C(C)C. The predicted octanol–water partition coefficient (Wildman–Crippen LogP) is 2.65. The second-order valence-corrected chi connectivity index (χ2v) is 8.43. The van der Waals surface area contributed by atoms with Gasteiger partial charge in [0.2, 0.25) is 11.8 Å². The lowest BCUT2D eigenvalue weighted by atomic mass is 9.49. The Bertz CT molecular complexity index is 462. The molecule has 4 rings (SSSR count). The number of hydrogen-bond donors (Lipinski definition) is 2. The van der Waals surface area contributed by atoms with Crippen LogP contribution in [0.1, 0.15) is 52.4 Å². The van der Waals surface area contributed by atoms with Gasteiger partial charge in [0.1, 0.15) is 6.04 Å². The lowest BCUT2D eigenvalue weighted by Crippen LogP contribution is -2.58. The summed E-state index contributed by atoms with van der Waals surface area (Å²) in [6, 6.07) is -0.449. The molecule has 0 aromatic carbocycles. The second-order valence-electron chi connectivity index (χ2n) is 8.43. The maximum absolute atomic E-state index is 13.1. The van der Waals surface area contributed by atoms with Crippen LogP contribution in [0, 0.1) is 29.1 Å². The Labute approximate surface area is 139 Å². The fraction of sp³-hybridized carbons (Fsp3) is 0.789. The monoisotopic (exact) mass is 318 g/mol. The quantitative estimate of drug-likeness (QED) is 0.740. The van der Waals surface area contributed by atoms with Gasteiger partial charge in [0, 0.05) is 12.0 Å². The number of rotatable bonds is 6. The third-order valence-electron chi connectivity index (χ3n) is 6.18. The van der Waals surface area contributed by atoms with Crippen molar-refractivity contribution >= 4 is 11.8 Å². The van der Waals surface area contributed by atoms with Crippen molar-refractivity contribution in [2.75, 3.05) is 6.54 Å². The van der Waals surface area contributed by atoms with Crippen LogP contribution >= 0.6 is 0 Å². The minimum Gasteiger partial charge on any atom is -0.351 e. The molecule has 4 nitrogen and oxygen atoms in total. The molecule has 0 unspecified atom stereocenters. The number of hydrogen-bond acceptors (Lipinski definition) is 2. The molecule has 2 amide bonds. The van der Waals surface area contributed by atoms with Crippen molar-refractivity contribution in [2.24, 2.45) is 29.1 Å². The molecule has 2 N–H and O–H groups in total. The summed E-state index contributed by atoms with van der Waals surface area (Å²) < 4.78 is 0. The van der Waals surface area contributed by atoms with Crippen molar-refractivity contribution < 1.29 is 9.59 Å². The van der Waals surface area contributed by atoms with Crippen LogP contribution in [0.2, 0.25) is 0 Å². The summed E-state index contributed by atoms with van der Waals surface area (Å²) in [5.41, 5.74) is -0.194. The van der Waals surface area contributed by atoms with Gasteiger partial charge in [-0.15, -0.1) is 6.58 Å². The molecule has 4 fully saturated rings. The molecular formula is C19H30N2O2.